The lowest BCUT2D eigenvalue weighted by molar-refractivity contribution is -0.123. The van der Waals surface area contributed by atoms with E-state index in [0.717, 1.165) is 75.6 Å². The molecule has 0 unspecified atom stereocenters. The number of anilines is 1. The Hall–Kier alpha value is -2.60. The van der Waals surface area contributed by atoms with Gasteiger partial charge in [0.25, 0.3) is 0 Å². The Morgan fingerprint density at radius 3 is 2.80 bits per heavy atom. The molecule has 3 aliphatic heterocycles. The molecule has 1 N–H and O–H groups in total. The topological polar surface area (TPSA) is 71.4 Å². The largest absolute Gasteiger partial charge is 0.457 e. The molecule has 0 saturated heterocycles. The number of hydrogen-bond acceptors (Lipinski definition) is 6. The first kappa shape index (κ1) is 30.7. The van der Waals surface area contributed by atoms with E-state index < -0.39 is 0 Å². The third-order valence-corrected chi connectivity index (χ3v) is 14.1. The van der Waals surface area contributed by atoms with E-state index >= 15 is 0 Å². The van der Waals surface area contributed by atoms with Crippen molar-refractivity contribution in [2.24, 2.45) is 39.7 Å². The summed E-state index contributed by atoms with van der Waals surface area (Å²) >= 11 is 0. The van der Waals surface area contributed by atoms with Crippen LogP contribution in [0.15, 0.2) is 29.6 Å². The molecule has 46 heavy (non-hydrogen) atoms. The fourth-order valence-corrected chi connectivity index (χ4v) is 11.7. The number of nitrogens with zero attached hydrogens (tertiary/aromatic N) is 2. The summed E-state index contributed by atoms with van der Waals surface area (Å²) in [6.45, 7) is 11.5. The van der Waals surface area contributed by atoms with Crippen molar-refractivity contribution < 1.29 is 19.5 Å². The molecule has 6 heteroatoms. The first-order valence-corrected chi connectivity index (χ1v) is 18.6. The molecular weight excluding hydrogens is 572 g/mol. The zero-order valence-electron chi connectivity index (χ0n) is 28.2. The van der Waals surface area contributed by atoms with Gasteiger partial charge in [0, 0.05) is 41.7 Å². The zero-order valence-corrected chi connectivity index (χ0v) is 28.2. The second-order valence-electron chi connectivity index (χ2n) is 16.5. The van der Waals surface area contributed by atoms with Gasteiger partial charge in [-0.15, -0.1) is 0 Å². The van der Waals surface area contributed by atoms with Crippen LogP contribution in [0, 0.1) is 34.5 Å². The SMILES string of the molecule is C=C1C=C(CCCC(=O)CO/N=C2/CC[C@H]3[C@@H]4CC[C@H]5C[C@H](O)CC[C@]5(C)[C@H]4CC[C@]23C)c2cc3c4c(c2O1)CCCN4CCC3. The second kappa shape index (κ2) is 11.8. The lowest BCUT2D eigenvalue weighted by Crippen LogP contribution is -2.54. The van der Waals surface area contributed by atoms with Crippen LogP contribution in [0.1, 0.15) is 120 Å². The van der Waals surface area contributed by atoms with Crippen molar-refractivity contribution in [3.8, 4) is 5.75 Å². The number of carbonyl (C=O) groups excluding carboxylic acids is 1. The number of aliphatic hydroxyl groups is 1. The fraction of sp³-hybridized carbons (Fsp3) is 0.700. The minimum atomic E-state index is -0.0897. The maximum Gasteiger partial charge on any atom is 0.175 e. The number of ether oxygens (including phenoxy) is 1. The van der Waals surface area contributed by atoms with Crippen molar-refractivity contribution in [3.63, 3.8) is 0 Å². The number of fused-ring (bicyclic) bond motifs is 7. The Kier molecular flexibility index (Phi) is 7.89. The monoisotopic (exact) mass is 626 g/mol. The van der Waals surface area contributed by atoms with E-state index in [2.05, 4.69) is 37.5 Å². The summed E-state index contributed by atoms with van der Waals surface area (Å²) in [5.74, 6) is 4.73. The Morgan fingerprint density at radius 2 is 1.93 bits per heavy atom. The van der Waals surface area contributed by atoms with E-state index in [1.807, 2.05) is 0 Å². The predicted molar refractivity (Wildman–Crippen MR) is 183 cm³/mol. The molecule has 1 aromatic rings. The number of oxime groups is 1. The highest BCUT2D eigenvalue weighted by molar-refractivity contribution is 5.92. The van der Waals surface area contributed by atoms with Crippen molar-refractivity contribution in [2.75, 3.05) is 24.6 Å². The smallest absolute Gasteiger partial charge is 0.175 e. The van der Waals surface area contributed by atoms with Gasteiger partial charge in [-0.25, -0.2) is 0 Å². The molecule has 7 atom stereocenters. The molecule has 0 amide bonds. The highest BCUT2D eigenvalue weighted by Gasteiger charge is 2.59. The van der Waals surface area contributed by atoms with Crippen molar-refractivity contribution in [3.05, 3.63) is 41.2 Å². The molecule has 248 valence electrons. The van der Waals surface area contributed by atoms with Crippen molar-refractivity contribution in [1.29, 1.82) is 0 Å². The summed E-state index contributed by atoms with van der Waals surface area (Å²) in [6, 6.07) is 2.36. The van der Waals surface area contributed by atoms with Gasteiger partial charge >= 0.3 is 0 Å². The molecule has 4 fully saturated rings. The molecule has 0 spiro atoms. The van der Waals surface area contributed by atoms with Crippen molar-refractivity contribution >= 4 is 22.8 Å². The van der Waals surface area contributed by atoms with Gasteiger partial charge in [-0.05, 0) is 149 Å². The second-order valence-corrected chi connectivity index (χ2v) is 16.5. The van der Waals surface area contributed by atoms with Gasteiger partial charge in [0.05, 0.1) is 11.8 Å². The number of carbonyl (C=O) groups is 1. The summed E-state index contributed by atoms with van der Waals surface area (Å²) < 4.78 is 6.26. The molecule has 0 bridgehead atoms. The molecule has 4 saturated carbocycles. The Balaban J connectivity index is 0.870. The van der Waals surface area contributed by atoms with Gasteiger partial charge in [-0.3, -0.25) is 4.79 Å². The molecule has 0 aromatic heterocycles. The standard InChI is InChI=1S/C40H54N2O4/c1-25-21-26(33-22-27-8-5-19-42-20-6-10-32(37(27)42)38(33)46-25)7-4-9-30(44)24-45-41-36-14-13-34-31-12-11-28-23-29(43)15-17-39(28,2)35(31)16-18-40(34,36)3/h21-22,28-29,31,34-35,43H,1,4-20,23-24H2,2-3H3/b41-36-/t28-,29+,31-,34-,35-,39-,40-/m0/s1. The molecular formula is C40H54N2O4. The van der Waals surface area contributed by atoms with Crippen LogP contribution >= 0.6 is 0 Å². The zero-order chi connectivity index (χ0) is 31.6. The molecule has 7 aliphatic rings. The fourth-order valence-electron chi connectivity index (χ4n) is 11.7. The van der Waals surface area contributed by atoms with Gasteiger partial charge < -0.3 is 19.6 Å². The molecule has 6 nitrogen and oxygen atoms in total. The maximum absolute atomic E-state index is 13.0. The van der Waals surface area contributed by atoms with Crippen LogP contribution in [-0.2, 0) is 22.5 Å². The van der Waals surface area contributed by atoms with Crippen LogP contribution in [0.4, 0.5) is 5.69 Å². The molecule has 8 rings (SSSR count). The maximum atomic E-state index is 13.0. The summed E-state index contributed by atoms with van der Waals surface area (Å²) in [6.07, 6.45) is 19.0. The van der Waals surface area contributed by atoms with Gasteiger partial charge in [0.15, 0.2) is 12.4 Å². The minimum Gasteiger partial charge on any atom is -0.457 e. The predicted octanol–water partition coefficient (Wildman–Crippen LogP) is 8.19. The Morgan fingerprint density at radius 1 is 1.09 bits per heavy atom. The van der Waals surface area contributed by atoms with Gasteiger partial charge in [-0.2, -0.15) is 0 Å². The number of Topliss-reactive ketones (excluding diaryl/α,β-unsaturated/α-hetero) is 1. The van der Waals surface area contributed by atoms with Crippen LogP contribution in [0.3, 0.4) is 0 Å². The highest BCUT2D eigenvalue weighted by Crippen LogP contribution is 2.65. The number of benzene rings is 1. The number of aryl methyl sites for hydroxylation is 1. The van der Waals surface area contributed by atoms with Crippen LogP contribution in [-0.4, -0.2) is 42.4 Å². The summed E-state index contributed by atoms with van der Waals surface area (Å²) in [5, 5.41) is 15.0. The van der Waals surface area contributed by atoms with Crippen LogP contribution in [0.25, 0.3) is 5.57 Å². The number of ketones is 1. The minimum absolute atomic E-state index is 0.0668. The van der Waals surface area contributed by atoms with E-state index in [9.17, 15) is 9.90 Å². The summed E-state index contributed by atoms with van der Waals surface area (Å²) in [7, 11) is 0. The lowest BCUT2D eigenvalue weighted by atomic mass is 9.45. The van der Waals surface area contributed by atoms with E-state index in [4.69, 9.17) is 14.7 Å². The third-order valence-electron chi connectivity index (χ3n) is 14.1. The average Bonchev–Trinajstić information content (AvgIpc) is 3.38. The number of hydrogen-bond donors (Lipinski definition) is 1. The molecule has 0 radical (unpaired) electrons. The quantitative estimate of drug-likeness (QED) is 0.309. The highest BCUT2D eigenvalue weighted by atomic mass is 16.6. The molecule has 1 aromatic carbocycles. The van der Waals surface area contributed by atoms with E-state index in [1.165, 1.54) is 85.0 Å². The normalized spacial score (nSPS) is 36.9. The lowest BCUT2D eigenvalue weighted by Gasteiger charge is -2.60. The first-order valence-electron chi connectivity index (χ1n) is 18.6. The van der Waals surface area contributed by atoms with Crippen LogP contribution in [0.2, 0.25) is 0 Å². The van der Waals surface area contributed by atoms with Gasteiger partial charge in [-0.1, -0.05) is 25.6 Å². The number of aliphatic hydroxyl groups excluding tert-OH is 1. The average molecular weight is 627 g/mol. The van der Waals surface area contributed by atoms with E-state index in [-0.39, 0.29) is 23.9 Å². The Bertz CT molecular complexity index is 1480. The van der Waals surface area contributed by atoms with Gasteiger partial charge in [0.2, 0.25) is 0 Å². The summed E-state index contributed by atoms with van der Waals surface area (Å²) in [5.41, 5.74) is 8.38. The van der Waals surface area contributed by atoms with Crippen LogP contribution in [0.5, 0.6) is 5.75 Å². The Labute approximate surface area is 275 Å². The number of allylic oxidation sites excluding steroid dienone is 2. The number of rotatable bonds is 7. The molecule has 4 aliphatic carbocycles. The summed E-state index contributed by atoms with van der Waals surface area (Å²) in [4.78, 5) is 21.3. The van der Waals surface area contributed by atoms with Crippen molar-refractivity contribution in [1.82, 2.24) is 0 Å². The molecule has 3 heterocycles. The third kappa shape index (κ3) is 5.07. The van der Waals surface area contributed by atoms with E-state index in [1.54, 1.807) is 0 Å². The van der Waals surface area contributed by atoms with E-state index in [0.29, 0.717) is 29.4 Å². The van der Waals surface area contributed by atoms with Gasteiger partial charge in [0.1, 0.15) is 11.5 Å². The van der Waals surface area contributed by atoms with Crippen molar-refractivity contribution in [2.45, 2.75) is 123 Å². The first-order chi connectivity index (χ1) is 22.2. The van der Waals surface area contributed by atoms with Crippen LogP contribution < -0.4 is 9.64 Å².